The lowest BCUT2D eigenvalue weighted by atomic mass is 9.95. The van der Waals surface area contributed by atoms with Crippen molar-refractivity contribution in [2.75, 3.05) is 5.75 Å². The Bertz CT molecular complexity index is 722. The number of hydrogen-bond donors (Lipinski definition) is 2. The third kappa shape index (κ3) is 4.11. The molecule has 0 spiro atoms. The summed E-state index contributed by atoms with van der Waals surface area (Å²) in [6, 6.07) is 0.816. The Morgan fingerprint density at radius 1 is 1.20 bits per heavy atom. The van der Waals surface area contributed by atoms with Gasteiger partial charge in [0.15, 0.2) is 9.84 Å². The Hall–Kier alpha value is -1.69. The Balaban J connectivity index is 2.38. The third-order valence-corrected chi connectivity index (χ3v) is 7.25. The Kier molecular flexibility index (Phi) is 6.03. The van der Waals surface area contributed by atoms with Crippen LogP contribution in [0.5, 0.6) is 0 Å². The molecule has 0 bridgehead atoms. The molecule has 2 rings (SSSR count). The molecule has 1 aliphatic carbocycles. The molecule has 2 aliphatic rings. The molecule has 0 saturated carbocycles. The molecule has 0 aromatic carbocycles. The minimum absolute atomic E-state index is 0.0585. The van der Waals surface area contributed by atoms with Gasteiger partial charge in [0.05, 0.1) is 16.5 Å². The lowest BCUT2D eigenvalue weighted by molar-refractivity contribution is 0.274. The highest BCUT2D eigenvalue weighted by molar-refractivity contribution is 7.95. The highest BCUT2D eigenvalue weighted by Crippen LogP contribution is 2.32. The van der Waals surface area contributed by atoms with E-state index in [9.17, 15) is 8.42 Å². The van der Waals surface area contributed by atoms with E-state index >= 15 is 0 Å². The fourth-order valence-electron chi connectivity index (χ4n) is 3.77. The largest absolute Gasteiger partial charge is 0.398 e. The molecule has 3 unspecified atom stereocenters. The van der Waals surface area contributed by atoms with Gasteiger partial charge >= 0.3 is 0 Å². The lowest BCUT2D eigenvalue weighted by Crippen LogP contribution is -2.35. The molecule has 0 amide bonds. The summed E-state index contributed by atoms with van der Waals surface area (Å²) in [6.45, 7) is 7.92. The zero-order valence-electron chi connectivity index (χ0n) is 15.7. The Labute approximate surface area is 152 Å². The lowest BCUT2D eigenvalue weighted by Gasteiger charge is -2.28. The van der Waals surface area contributed by atoms with Crippen molar-refractivity contribution in [3.63, 3.8) is 0 Å². The maximum Gasteiger partial charge on any atom is 0.175 e. The molecule has 140 valence electrons. The van der Waals surface area contributed by atoms with Crippen molar-refractivity contribution in [1.29, 1.82) is 0 Å². The summed E-state index contributed by atoms with van der Waals surface area (Å²) in [6.07, 6.45) is 10.3. The van der Waals surface area contributed by atoms with Crippen molar-refractivity contribution in [3.8, 4) is 0 Å². The van der Waals surface area contributed by atoms with Crippen LogP contribution in [-0.4, -0.2) is 31.2 Å². The molecule has 5 nitrogen and oxygen atoms in total. The molecular formula is C19H31N3O2S. The topological polar surface area (TPSA) is 89.4 Å². The third-order valence-electron chi connectivity index (χ3n) is 5.20. The Morgan fingerprint density at radius 2 is 1.80 bits per heavy atom. The molecular weight excluding hydrogens is 334 g/mol. The fourth-order valence-corrected chi connectivity index (χ4v) is 5.31. The van der Waals surface area contributed by atoms with Gasteiger partial charge in [-0.2, -0.15) is 0 Å². The maximum absolute atomic E-state index is 12.5. The van der Waals surface area contributed by atoms with Gasteiger partial charge in [0.1, 0.15) is 0 Å². The Morgan fingerprint density at radius 3 is 2.36 bits per heavy atom. The summed E-state index contributed by atoms with van der Waals surface area (Å²) in [5, 5.41) is 0. The highest BCUT2D eigenvalue weighted by Gasteiger charge is 2.28. The van der Waals surface area contributed by atoms with E-state index in [1.54, 1.807) is 19.1 Å². The van der Waals surface area contributed by atoms with Crippen LogP contribution in [0.2, 0.25) is 0 Å². The molecule has 6 heteroatoms. The molecule has 25 heavy (non-hydrogen) atoms. The average Bonchev–Trinajstić information content (AvgIpc) is 2.90. The quantitative estimate of drug-likeness (QED) is 0.731. The number of likely N-dealkylation sites (tertiary alicyclic amines) is 1. The minimum Gasteiger partial charge on any atom is -0.398 e. The van der Waals surface area contributed by atoms with Gasteiger partial charge in [0, 0.05) is 23.4 Å². The molecule has 1 aliphatic heterocycles. The van der Waals surface area contributed by atoms with Crippen molar-refractivity contribution in [2.45, 2.75) is 59.0 Å². The first-order valence-electron chi connectivity index (χ1n) is 9.04. The number of sulfone groups is 1. The summed E-state index contributed by atoms with van der Waals surface area (Å²) in [5.74, 6) is 0.698. The minimum atomic E-state index is -3.29. The number of nitrogens with two attached hydrogens (primary N) is 2. The van der Waals surface area contributed by atoms with Gasteiger partial charge in [-0.05, 0) is 51.2 Å². The number of allylic oxidation sites excluding steroid dienone is 5. The second-order valence-electron chi connectivity index (χ2n) is 7.12. The van der Waals surface area contributed by atoms with Crippen molar-refractivity contribution in [1.82, 2.24) is 4.90 Å². The standard InChI is InChI=1S/C19H31N3O2S/c1-5-25(23,24)19-13(2)7-6-8-16(19)17(20)11-12-18(21)22-14(3)9-10-15(22)4/h6,8,11-15H,5,7,9-10,20-21H2,1-4H3/b17-11-,18-12+. The summed E-state index contributed by atoms with van der Waals surface area (Å²) in [4.78, 5) is 2.64. The first-order chi connectivity index (χ1) is 11.7. The van der Waals surface area contributed by atoms with Crippen molar-refractivity contribution in [3.05, 3.63) is 46.3 Å². The summed E-state index contributed by atoms with van der Waals surface area (Å²) < 4.78 is 25.0. The molecule has 1 saturated heterocycles. The molecule has 0 radical (unpaired) electrons. The van der Waals surface area contributed by atoms with Gasteiger partial charge in [-0.25, -0.2) is 8.42 Å². The summed E-state index contributed by atoms with van der Waals surface area (Å²) >= 11 is 0. The van der Waals surface area contributed by atoms with E-state index in [-0.39, 0.29) is 11.7 Å². The molecule has 0 aromatic rings. The SMILES string of the molecule is CCS(=O)(=O)C1=C(/C(N)=C/C=C(\N)N2C(C)CCC2C)C=CCC1C. The van der Waals surface area contributed by atoms with Crippen LogP contribution in [0.1, 0.15) is 47.0 Å². The fraction of sp³-hybridized carbons (Fsp3) is 0.579. The van der Waals surface area contributed by atoms with Gasteiger partial charge in [-0.3, -0.25) is 0 Å². The first-order valence-corrected chi connectivity index (χ1v) is 10.7. The van der Waals surface area contributed by atoms with Crippen LogP contribution in [-0.2, 0) is 9.84 Å². The highest BCUT2D eigenvalue weighted by atomic mass is 32.2. The van der Waals surface area contributed by atoms with Crippen LogP contribution in [0, 0.1) is 5.92 Å². The maximum atomic E-state index is 12.5. The second-order valence-corrected chi connectivity index (χ2v) is 9.36. The molecule has 4 N–H and O–H groups in total. The molecule has 1 fully saturated rings. The van der Waals surface area contributed by atoms with Crippen molar-refractivity contribution < 1.29 is 8.42 Å². The van der Waals surface area contributed by atoms with E-state index in [4.69, 9.17) is 11.5 Å². The normalized spacial score (nSPS) is 28.8. The number of rotatable bonds is 5. The van der Waals surface area contributed by atoms with Crippen LogP contribution in [0.3, 0.4) is 0 Å². The predicted octanol–water partition coefficient (Wildman–Crippen LogP) is 2.79. The van der Waals surface area contributed by atoms with E-state index in [0.29, 0.717) is 40.5 Å². The predicted molar refractivity (Wildman–Crippen MR) is 104 cm³/mol. The van der Waals surface area contributed by atoms with Gasteiger partial charge in [-0.15, -0.1) is 0 Å². The smallest absolute Gasteiger partial charge is 0.175 e. The summed E-state index contributed by atoms with van der Waals surface area (Å²) in [7, 11) is -3.29. The van der Waals surface area contributed by atoms with Crippen LogP contribution < -0.4 is 11.5 Å². The second kappa shape index (κ2) is 7.68. The zero-order chi connectivity index (χ0) is 18.8. The zero-order valence-corrected chi connectivity index (χ0v) is 16.5. The van der Waals surface area contributed by atoms with E-state index in [1.807, 2.05) is 19.1 Å². The van der Waals surface area contributed by atoms with Crippen molar-refractivity contribution in [2.24, 2.45) is 17.4 Å². The van der Waals surface area contributed by atoms with Gasteiger partial charge in [-0.1, -0.05) is 26.0 Å². The molecule has 1 heterocycles. The van der Waals surface area contributed by atoms with Crippen LogP contribution >= 0.6 is 0 Å². The van der Waals surface area contributed by atoms with E-state index in [0.717, 1.165) is 12.8 Å². The van der Waals surface area contributed by atoms with Crippen LogP contribution in [0.25, 0.3) is 0 Å². The van der Waals surface area contributed by atoms with Gasteiger partial charge in [0.2, 0.25) is 0 Å². The first kappa shape index (κ1) is 19.6. The van der Waals surface area contributed by atoms with E-state index < -0.39 is 9.84 Å². The molecule has 3 atom stereocenters. The monoisotopic (exact) mass is 365 g/mol. The summed E-state index contributed by atoms with van der Waals surface area (Å²) in [5.41, 5.74) is 13.5. The number of nitrogens with zero attached hydrogens (tertiary/aromatic N) is 1. The molecule has 0 aromatic heterocycles. The van der Waals surface area contributed by atoms with E-state index in [2.05, 4.69) is 18.7 Å². The van der Waals surface area contributed by atoms with Crippen LogP contribution in [0.4, 0.5) is 0 Å². The van der Waals surface area contributed by atoms with Gasteiger partial charge < -0.3 is 16.4 Å². The van der Waals surface area contributed by atoms with Crippen LogP contribution in [0.15, 0.2) is 46.3 Å². The van der Waals surface area contributed by atoms with Gasteiger partial charge in [0.25, 0.3) is 0 Å². The van der Waals surface area contributed by atoms with Crippen molar-refractivity contribution >= 4 is 9.84 Å². The number of hydrogen-bond acceptors (Lipinski definition) is 5. The van der Waals surface area contributed by atoms with E-state index in [1.165, 1.54) is 0 Å². The average molecular weight is 366 g/mol.